The number of alkyl halides is 1. The van der Waals surface area contributed by atoms with E-state index < -0.39 is 0 Å². The van der Waals surface area contributed by atoms with Crippen molar-refractivity contribution in [3.05, 3.63) is 65.7 Å². The van der Waals surface area contributed by atoms with Crippen molar-refractivity contribution in [2.75, 3.05) is 12.8 Å². The minimum atomic E-state index is 0.533. The summed E-state index contributed by atoms with van der Waals surface area (Å²) in [5.74, 6) is 0. The lowest BCUT2D eigenvalue weighted by Crippen LogP contribution is -2.26. The Morgan fingerprint density at radius 3 is 2.30 bits per heavy atom. The number of benzene rings is 2. The van der Waals surface area contributed by atoms with Crippen LogP contribution >= 0.6 is 22.6 Å². The quantitative estimate of drug-likeness (QED) is 0.354. The van der Waals surface area contributed by atoms with E-state index >= 15 is 0 Å². The first-order valence-corrected chi connectivity index (χ1v) is 8.12. The summed E-state index contributed by atoms with van der Waals surface area (Å²) in [5, 5.41) is 0. The Labute approximate surface area is 135 Å². The highest BCUT2D eigenvalue weighted by Crippen LogP contribution is 2.17. The summed E-state index contributed by atoms with van der Waals surface area (Å²) in [6.07, 6.45) is 2.24. The van der Waals surface area contributed by atoms with Crippen LogP contribution < -0.4 is 5.73 Å². The van der Waals surface area contributed by atoms with Crippen LogP contribution in [0.25, 0.3) is 0 Å². The molecule has 0 aromatic heterocycles. The molecule has 0 aliphatic carbocycles. The summed E-state index contributed by atoms with van der Waals surface area (Å²) in [5.41, 5.74) is 9.26. The Morgan fingerprint density at radius 2 is 1.65 bits per heavy atom. The Morgan fingerprint density at radius 1 is 1.00 bits per heavy atom. The van der Waals surface area contributed by atoms with E-state index in [1.165, 1.54) is 11.1 Å². The van der Waals surface area contributed by atoms with Crippen LogP contribution in [0.1, 0.15) is 17.5 Å². The molecule has 0 fully saturated rings. The lowest BCUT2D eigenvalue weighted by molar-refractivity contribution is 0.307. The highest BCUT2D eigenvalue weighted by molar-refractivity contribution is 14.1. The van der Waals surface area contributed by atoms with Gasteiger partial charge in [0.15, 0.2) is 0 Å². The van der Waals surface area contributed by atoms with E-state index in [1.54, 1.807) is 0 Å². The third-order valence-electron chi connectivity index (χ3n) is 3.40. The molecule has 2 nitrogen and oxygen atoms in total. The van der Waals surface area contributed by atoms with Crippen molar-refractivity contribution in [3.8, 4) is 0 Å². The molecule has 106 valence electrons. The monoisotopic (exact) mass is 380 g/mol. The fraction of sp³-hybridized carbons (Fsp3) is 0.294. The molecule has 0 bridgehead atoms. The molecule has 0 heterocycles. The van der Waals surface area contributed by atoms with Gasteiger partial charge in [-0.25, -0.2) is 0 Å². The average Bonchev–Trinajstić information content (AvgIpc) is 2.47. The molecular formula is C17H21IN2. The third-order valence-corrected chi connectivity index (χ3v) is 4.98. The summed E-state index contributed by atoms with van der Waals surface area (Å²) < 4.78 is 0.533. The maximum absolute atomic E-state index is 5.71. The van der Waals surface area contributed by atoms with Crippen molar-refractivity contribution in [1.29, 1.82) is 0 Å². The molecule has 20 heavy (non-hydrogen) atoms. The van der Waals surface area contributed by atoms with E-state index in [4.69, 9.17) is 5.73 Å². The zero-order chi connectivity index (χ0) is 14.4. The van der Waals surface area contributed by atoms with Crippen LogP contribution in [0.4, 0.5) is 5.69 Å². The molecule has 0 saturated carbocycles. The fourth-order valence-electron chi connectivity index (χ4n) is 2.16. The van der Waals surface area contributed by atoms with Crippen molar-refractivity contribution in [1.82, 2.24) is 4.90 Å². The van der Waals surface area contributed by atoms with Crippen LogP contribution in [0.3, 0.4) is 0 Å². The molecule has 0 aliphatic heterocycles. The van der Waals surface area contributed by atoms with E-state index in [2.05, 4.69) is 77.0 Å². The van der Waals surface area contributed by atoms with E-state index in [0.717, 1.165) is 25.1 Å². The molecule has 1 atom stereocenters. The smallest absolute Gasteiger partial charge is 0.0622 e. The molecule has 3 heteroatoms. The lowest BCUT2D eigenvalue weighted by atomic mass is 10.1. The second-order valence-corrected chi connectivity index (χ2v) is 6.55. The molecule has 1 unspecified atom stereocenters. The highest BCUT2D eigenvalue weighted by Gasteiger charge is 2.11. The molecule has 0 spiro atoms. The van der Waals surface area contributed by atoms with E-state index in [0.29, 0.717) is 4.05 Å². The second kappa shape index (κ2) is 7.64. The van der Waals surface area contributed by atoms with Gasteiger partial charge in [-0.15, -0.1) is 0 Å². The predicted octanol–water partition coefficient (Wildman–Crippen LogP) is 4.09. The maximum Gasteiger partial charge on any atom is 0.0622 e. The molecule has 0 saturated heterocycles. The van der Waals surface area contributed by atoms with E-state index in [1.807, 2.05) is 12.1 Å². The number of nitrogens with two attached hydrogens (primary N) is 1. The number of nitrogens with zero attached hydrogens (tertiary/aromatic N) is 1. The molecule has 2 aromatic carbocycles. The molecule has 0 aliphatic rings. The Balaban J connectivity index is 1.82. The van der Waals surface area contributed by atoms with Crippen molar-refractivity contribution < 1.29 is 0 Å². The zero-order valence-corrected chi connectivity index (χ0v) is 14.0. The second-order valence-electron chi connectivity index (χ2n) is 5.12. The van der Waals surface area contributed by atoms with E-state index in [9.17, 15) is 0 Å². The molecule has 2 aromatic rings. The Bertz CT molecular complexity index is 510. The summed E-state index contributed by atoms with van der Waals surface area (Å²) in [4.78, 5) is 2.40. The molecular weight excluding hydrogens is 359 g/mol. The van der Waals surface area contributed by atoms with Gasteiger partial charge in [-0.05, 0) is 43.1 Å². The van der Waals surface area contributed by atoms with Gasteiger partial charge in [0.1, 0.15) is 0 Å². The Kier molecular flexibility index (Phi) is 5.86. The van der Waals surface area contributed by atoms with Gasteiger partial charge in [-0.2, -0.15) is 0 Å². The molecule has 0 amide bonds. The summed E-state index contributed by atoms with van der Waals surface area (Å²) in [7, 11) is 2.19. The van der Waals surface area contributed by atoms with Crippen molar-refractivity contribution in [2.24, 2.45) is 0 Å². The largest absolute Gasteiger partial charge is 0.399 e. The van der Waals surface area contributed by atoms with Gasteiger partial charge in [0.25, 0.3) is 0 Å². The summed E-state index contributed by atoms with van der Waals surface area (Å²) in [6.45, 7) is 0.996. The first-order chi connectivity index (χ1) is 9.65. The normalized spacial score (nSPS) is 12.6. The van der Waals surface area contributed by atoms with Gasteiger partial charge < -0.3 is 5.73 Å². The van der Waals surface area contributed by atoms with Crippen LogP contribution in [-0.2, 0) is 13.0 Å². The summed E-state index contributed by atoms with van der Waals surface area (Å²) in [6, 6.07) is 18.8. The number of rotatable bonds is 6. The number of hydrogen-bond acceptors (Lipinski definition) is 2. The number of anilines is 1. The van der Waals surface area contributed by atoms with Crippen LogP contribution in [-0.4, -0.2) is 16.0 Å². The number of halogens is 1. The molecule has 2 rings (SSSR count). The Hall–Kier alpha value is -1.07. The standard InChI is InChI=1S/C17H21IN2/c1-20(13-15-5-3-2-4-6-15)17(18)12-9-14-7-10-16(19)11-8-14/h2-8,10-11,17H,9,12-13,19H2,1H3. The summed E-state index contributed by atoms with van der Waals surface area (Å²) >= 11 is 2.53. The van der Waals surface area contributed by atoms with Gasteiger partial charge >= 0.3 is 0 Å². The minimum absolute atomic E-state index is 0.533. The molecule has 2 N–H and O–H groups in total. The van der Waals surface area contributed by atoms with Gasteiger partial charge in [-0.1, -0.05) is 65.1 Å². The van der Waals surface area contributed by atoms with Gasteiger partial charge in [0.05, 0.1) is 4.05 Å². The van der Waals surface area contributed by atoms with Gasteiger partial charge in [0.2, 0.25) is 0 Å². The fourth-order valence-corrected chi connectivity index (χ4v) is 2.67. The lowest BCUT2D eigenvalue weighted by Gasteiger charge is -2.23. The van der Waals surface area contributed by atoms with Crippen molar-refractivity contribution in [3.63, 3.8) is 0 Å². The van der Waals surface area contributed by atoms with Gasteiger partial charge in [-0.3, -0.25) is 4.90 Å². The van der Waals surface area contributed by atoms with Crippen LogP contribution in [0.2, 0.25) is 0 Å². The van der Waals surface area contributed by atoms with Crippen LogP contribution in [0.15, 0.2) is 54.6 Å². The number of nitrogen functional groups attached to an aromatic ring is 1. The first kappa shape index (κ1) is 15.3. The SMILES string of the molecule is CN(Cc1ccccc1)C(I)CCc1ccc(N)cc1. The highest BCUT2D eigenvalue weighted by atomic mass is 127. The predicted molar refractivity (Wildman–Crippen MR) is 94.9 cm³/mol. The minimum Gasteiger partial charge on any atom is -0.399 e. The number of aryl methyl sites for hydroxylation is 1. The topological polar surface area (TPSA) is 29.3 Å². The van der Waals surface area contributed by atoms with Crippen molar-refractivity contribution in [2.45, 2.75) is 23.4 Å². The van der Waals surface area contributed by atoms with E-state index in [-0.39, 0.29) is 0 Å². The zero-order valence-electron chi connectivity index (χ0n) is 11.8. The first-order valence-electron chi connectivity index (χ1n) is 6.88. The average molecular weight is 380 g/mol. The third kappa shape index (κ3) is 4.80. The number of hydrogen-bond donors (Lipinski definition) is 1. The van der Waals surface area contributed by atoms with Crippen molar-refractivity contribution >= 4 is 28.3 Å². The van der Waals surface area contributed by atoms with Crippen LogP contribution in [0.5, 0.6) is 0 Å². The maximum atomic E-state index is 5.71. The van der Waals surface area contributed by atoms with Crippen LogP contribution in [0, 0.1) is 0 Å². The van der Waals surface area contributed by atoms with Gasteiger partial charge in [0, 0.05) is 12.2 Å². The molecule has 0 radical (unpaired) electrons.